The first-order chi connectivity index (χ1) is 6.08. The zero-order valence-electron chi connectivity index (χ0n) is 7.00. The molecule has 1 heterocycles. The van der Waals surface area contributed by atoms with Crippen molar-refractivity contribution in [3.8, 4) is 0 Å². The van der Waals surface area contributed by atoms with E-state index in [0.29, 0.717) is 13.2 Å². The number of primary amides is 1. The topological polar surface area (TPSA) is 102 Å². The fourth-order valence-electron chi connectivity index (χ4n) is 1.18. The van der Waals surface area contributed by atoms with Gasteiger partial charge in [0.25, 0.3) is 0 Å². The summed E-state index contributed by atoms with van der Waals surface area (Å²) >= 11 is 4.80. The molecular weight excluding hydrogens is 192 g/mol. The van der Waals surface area contributed by atoms with Crippen molar-refractivity contribution in [3.05, 3.63) is 0 Å². The molecule has 1 saturated heterocycles. The molecule has 6 N–H and O–H groups in total. The van der Waals surface area contributed by atoms with Crippen LogP contribution in [0, 0.1) is 0 Å². The van der Waals surface area contributed by atoms with Gasteiger partial charge >= 0.3 is 0 Å². The van der Waals surface area contributed by atoms with E-state index < -0.39 is 11.4 Å². The maximum absolute atomic E-state index is 10.7. The second kappa shape index (κ2) is 3.86. The third-order valence-electron chi connectivity index (χ3n) is 1.78. The Morgan fingerprint density at radius 1 is 1.62 bits per heavy atom. The maximum atomic E-state index is 10.7. The van der Waals surface area contributed by atoms with Crippen LogP contribution >= 0.6 is 12.2 Å². The van der Waals surface area contributed by atoms with Gasteiger partial charge in [-0.3, -0.25) is 4.79 Å². The molecule has 7 heteroatoms. The smallest absolute Gasteiger partial charge is 0.219 e. The number of carbonyl (C=O) groups excluding carboxylic acids is 1. The molecule has 0 spiro atoms. The van der Waals surface area contributed by atoms with Crippen LogP contribution in [0.3, 0.4) is 0 Å². The number of thiocarbonyl (C=S) groups is 1. The van der Waals surface area contributed by atoms with Crippen molar-refractivity contribution in [2.75, 3.05) is 13.2 Å². The van der Waals surface area contributed by atoms with Gasteiger partial charge in [-0.05, 0) is 12.2 Å². The molecule has 0 saturated carbocycles. The number of hydrogen-bond acceptors (Lipinski definition) is 4. The molecule has 0 radical (unpaired) electrons. The molecule has 1 aliphatic heterocycles. The number of nitrogens with two attached hydrogens (primary N) is 2. The third-order valence-corrected chi connectivity index (χ3v) is 2.00. The van der Waals surface area contributed by atoms with Gasteiger partial charge in [0, 0.05) is 0 Å². The van der Waals surface area contributed by atoms with Crippen LogP contribution in [0.25, 0.3) is 0 Å². The molecule has 1 fully saturated rings. The molecule has 0 aromatic heterocycles. The minimum absolute atomic E-state index is 0.189. The first-order valence-corrected chi connectivity index (χ1v) is 4.14. The molecule has 0 bridgehead atoms. The Morgan fingerprint density at radius 2 is 2.23 bits per heavy atom. The van der Waals surface area contributed by atoms with Crippen LogP contribution in [-0.2, 0) is 9.53 Å². The lowest BCUT2D eigenvalue weighted by Crippen LogP contribution is -2.65. The zero-order valence-corrected chi connectivity index (χ0v) is 7.82. The zero-order chi connectivity index (χ0) is 9.90. The minimum Gasteiger partial charge on any atom is -0.376 e. The van der Waals surface area contributed by atoms with Gasteiger partial charge in [-0.25, -0.2) is 5.84 Å². The van der Waals surface area contributed by atoms with Crippen molar-refractivity contribution in [2.45, 2.75) is 12.0 Å². The van der Waals surface area contributed by atoms with E-state index in [0.717, 1.165) is 0 Å². The molecule has 0 atom stereocenters. The summed E-state index contributed by atoms with van der Waals surface area (Å²) in [5, 5.41) is 3.16. The predicted molar refractivity (Wildman–Crippen MR) is 50.4 cm³/mol. The Balaban J connectivity index is 2.49. The highest BCUT2D eigenvalue weighted by molar-refractivity contribution is 7.80. The highest BCUT2D eigenvalue weighted by Crippen LogP contribution is 2.20. The number of ether oxygens (including phenoxy) is 1. The second-order valence-corrected chi connectivity index (χ2v) is 3.42. The molecule has 1 aliphatic rings. The Kier molecular flexibility index (Phi) is 3.02. The summed E-state index contributed by atoms with van der Waals surface area (Å²) < 4.78 is 4.99. The molecular formula is C6H12N4O2S. The van der Waals surface area contributed by atoms with Crippen LogP contribution in [0.2, 0.25) is 0 Å². The van der Waals surface area contributed by atoms with Crippen LogP contribution in [-0.4, -0.2) is 29.8 Å². The van der Waals surface area contributed by atoms with Crippen LogP contribution in [0.1, 0.15) is 6.42 Å². The van der Waals surface area contributed by atoms with Gasteiger partial charge in [-0.2, -0.15) is 0 Å². The van der Waals surface area contributed by atoms with E-state index >= 15 is 0 Å². The van der Waals surface area contributed by atoms with Gasteiger partial charge in [0.2, 0.25) is 5.91 Å². The standard InChI is InChI=1S/C6H12N4O2S/c7-4(11)1-6(2-12-3-6)9-5(13)10-8/h1-3,8H2,(H2,7,11)(H2,9,10,13). The third kappa shape index (κ3) is 2.51. The Morgan fingerprint density at radius 3 is 2.54 bits per heavy atom. The fraction of sp³-hybridized carbons (Fsp3) is 0.667. The first kappa shape index (κ1) is 10.2. The Hall–Kier alpha value is -0.920. The fourth-order valence-corrected chi connectivity index (χ4v) is 1.39. The van der Waals surface area contributed by atoms with Crippen molar-refractivity contribution < 1.29 is 9.53 Å². The quantitative estimate of drug-likeness (QED) is 0.240. The largest absolute Gasteiger partial charge is 0.376 e. The molecule has 0 aliphatic carbocycles. The lowest BCUT2D eigenvalue weighted by molar-refractivity contribution is -0.126. The average molecular weight is 204 g/mol. The molecule has 0 aromatic rings. The van der Waals surface area contributed by atoms with E-state index in [1.807, 2.05) is 0 Å². The molecule has 13 heavy (non-hydrogen) atoms. The van der Waals surface area contributed by atoms with E-state index in [1.165, 1.54) is 0 Å². The molecule has 0 unspecified atom stereocenters. The van der Waals surface area contributed by atoms with Crippen molar-refractivity contribution in [1.82, 2.24) is 10.7 Å². The molecule has 74 valence electrons. The minimum atomic E-state index is -0.463. The number of hydrogen-bond donors (Lipinski definition) is 4. The second-order valence-electron chi connectivity index (χ2n) is 3.01. The number of carbonyl (C=O) groups is 1. The lowest BCUT2D eigenvalue weighted by Gasteiger charge is -2.41. The molecule has 0 aromatic carbocycles. The SMILES string of the molecule is NNC(=S)NC1(CC(N)=O)COC1. The summed E-state index contributed by atoms with van der Waals surface area (Å²) in [6.45, 7) is 0.829. The molecule has 1 rings (SSSR count). The number of rotatable bonds is 3. The molecule has 1 amide bonds. The summed E-state index contributed by atoms with van der Waals surface area (Å²) in [5.41, 5.74) is 6.89. The average Bonchev–Trinajstić information content (AvgIpc) is 1.99. The summed E-state index contributed by atoms with van der Waals surface area (Å²) in [5.74, 6) is 4.69. The van der Waals surface area contributed by atoms with Crippen molar-refractivity contribution in [1.29, 1.82) is 0 Å². The summed E-state index contributed by atoms with van der Waals surface area (Å²) in [7, 11) is 0. The Labute approximate surface area is 80.9 Å². The van der Waals surface area contributed by atoms with E-state index in [9.17, 15) is 4.79 Å². The van der Waals surface area contributed by atoms with Crippen LogP contribution in [0.4, 0.5) is 0 Å². The number of nitrogens with one attached hydrogen (secondary N) is 2. The van der Waals surface area contributed by atoms with Gasteiger partial charge in [0.15, 0.2) is 5.11 Å². The normalized spacial score (nSPS) is 18.5. The van der Waals surface area contributed by atoms with Gasteiger partial charge in [-0.15, -0.1) is 0 Å². The van der Waals surface area contributed by atoms with Gasteiger partial charge in [0.1, 0.15) is 0 Å². The maximum Gasteiger partial charge on any atom is 0.219 e. The monoisotopic (exact) mass is 204 g/mol. The number of amides is 1. The summed E-state index contributed by atoms with van der Waals surface area (Å²) in [4.78, 5) is 10.7. The van der Waals surface area contributed by atoms with E-state index in [2.05, 4.69) is 10.7 Å². The lowest BCUT2D eigenvalue weighted by atomic mass is 9.93. The van der Waals surface area contributed by atoms with Crippen molar-refractivity contribution in [2.24, 2.45) is 11.6 Å². The van der Waals surface area contributed by atoms with E-state index in [4.69, 9.17) is 28.5 Å². The van der Waals surface area contributed by atoms with E-state index in [-0.39, 0.29) is 11.5 Å². The summed E-state index contributed by atoms with van der Waals surface area (Å²) in [6.07, 6.45) is 0.189. The summed E-state index contributed by atoms with van der Waals surface area (Å²) in [6, 6.07) is 0. The van der Waals surface area contributed by atoms with E-state index in [1.54, 1.807) is 0 Å². The number of hydrazine groups is 1. The highest BCUT2D eigenvalue weighted by atomic mass is 32.1. The van der Waals surface area contributed by atoms with Crippen molar-refractivity contribution in [3.63, 3.8) is 0 Å². The van der Waals surface area contributed by atoms with Gasteiger partial charge in [-0.1, -0.05) is 0 Å². The van der Waals surface area contributed by atoms with Gasteiger partial charge < -0.3 is 21.2 Å². The molecule has 6 nitrogen and oxygen atoms in total. The first-order valence-electron chi connectivity index (χ1n) is 3.73. The van der Waals surface area contributed by atoms with Crippen LogP contribution in [0.5, 0.6) is 0 Å². The highest BCUT2D eigenvalue weighted by Gasteiger charge is 2.40. The van der Waals surface area contributed by atoms with Crippen LogP contribution < -0.4 is 22.3 Å². The van der Waals surface area contributed by atoms with Crippen molar-refractivity contribution >= 4 is 23.2 Å². The van der Waals surface area contributed by atoms with Crippen LogP contribution in [0.15, 0.2) is 0 Å². The predicted octanol–water partition coefficient (Wildman–Crippen LogP) is -2.03. The van der Waals surface area contributed by atoms with Gasteiger partial charge in [0.05, 0.1) is 25.2 Å². The Bertz CT molecular complexity index is 229.